The zero-order valence-corrected chi connectivity index (χ0v) is 15.2. The van der Waals surface area contributed by atoms with Gasteiger partial charge in [-0.15, -0.1) is 0 Å². The standard InChI is InChI=1S/C20H24N4O3/c25-18-7-6-17(19(26)22-18)24-11-16-12(2-1-3-15(16)20(24)27)10-23(13-4-5-13)14-8-21-9-14/h1-3,13-14,17,21H,4-11H2,(H,22,25,26). The van der Waals surface area contributed by atoms with Crippen molar-refractivity contribution >= 4 is 17.7 Å². The van der Waals surface area contributed by atoms with Gasteiger partial charge in [-0.05, 0) is 36.5 Å². The Morgan fingerprint density at radius 1 is 1.07 bits per heavy atom. The summed E-state index contributed by atoms with van der Waals surface area (Å²) in [5.74, 6) is -0.700. The highest BCUT2D eigenvalue weighted by molar-refractivity contribution is 6.05. The molecule has 7 nitrogen and oxygen atoms in total. The Bertz CT molecular complexity index is 815. The second-order valence-corrected chi connectivity index (χ2v) is 8.06. The van der Waals surface area contributed by atoms with Crippen molar-refractivity contribution < 1.29 is 14.4 Å². The minimum Gasteiger partial charge on any atom is -0.322 e. The van der Waals surface area contributed by atoms with Crippen LogP contribution in [0.25, 0.3) is 0 Å². The molecule has 0 radical (unpaired) electrons. The van der Waals surface area contributed by atoms with Crippen LogP contribution in [0.15, 0.2) is 18.2 Å². The number of hydrogen-bond acceptors (Lipinski definition) is 5. The van der Waals surface area contributed by atoms with Crippen molar-refractivity contribution in [2.75, 3.05) is 13.1 Å². The Hall–Kier alpha value is -2.25. The van der Waals surface area contributed by atoms with Crippen LogP contribution in [-0.2, 0) is 22.7 Å². The second kappa shape index (κ2) is 6.42. The van der Waals surface area contributed by atoms with Crippen LogP contribution in [0.1, 0.15) is 47.2 Å². The van der Waals surface area contributed by atoms with Crippen molar-refractivity contribution in [1.82, 2.24) is 20.4 Å². The molecule has 1 aromatic carbocycles. The Labute approximate surface area is 158 Å². The SMILES string of the molecule is O=C1CCC(N2Cc3c(CN(C4CC4)C4CNC4)cccc3C2=O)C(=O)N1. The lowest BCUT2D eigenvalue weighted by Crippen LogP contribution is -2.57. The first-order chi connectivity index (χ1) is 13.1. The molecular formula is C20H24N4O3. The average molecular weight is 368 g/mol. The number of nitrogens with zero attached hydrogens (tertiary/aromatic N) is 2. The predicted molar refractivity (Wildman–Crippen MR) is 97.7 cm³/mol. The van der Waals surface area contributed by atoms with Gasteiger partial charge in [-0.3, -0.25) is 24.6 Å². The highest BCUT2D eigenvalue weighted by Crippen LogP contribution is 2.34. The molecule has 3 fully saturated rings. The number of rotatable bonds is 5. The lowest BCUT2D eigenvalue weighted by molar-refractivity contribution is -0.136. The van der Waals surface area contributed by atoms with E-state index < -0.39 is 6.04 Å². The van der Waals surface area contributed by atoms with Crippen LogP contribution in [0.2, 0.25) is 0 Å². The summed E-state index contributed by atoms with van der Waals surface area (Å²) in [4.78, 5) is 40.8. The molecule has 0 bridgehead atoms. The molecule has 1 aromatic rings. The van der Waals surface area contributed by atoms with E-state index in [9.17, 15) is 14.4 Å². The fourth-order valence-electron chi connectivity index (χ4n) is 4.47. The lowest BCUT2D eigenvalue weighted by atomic mass is 10.0. The van der Waals surface area contributed by atoms with Crippen LogP contribution in [0.4, 0.5) is 0 Å². The van der Waals surface area contributed by atoms with E-state index in [0.717, 1.165) is 25.2 Å². The van der Waals surface area contributed by atoms with Gasteiger partial charge in [0.1, 0.15) is 6.04 Å². The predicted octanol–water partition coefficient (Wildman–Crippen LogP) is 0.384. The Morgan fingerprint density at radius 2 is 1.89 bits per heavy atom. The van der Waals surface area contributed by atoms with E-state index in [1.807, 2.05) is 12.1 Å². The first-order valence-corrected chi connectivity index (χ1v) is 9.83. The van der Waals surface area contributed by atoms with E-state index in [0.29, 0.717) is 30.6 Å². The smallest absolute Gasteiger partial charge is 0.255 e. The molecule has 4 aliphatic rings. The van der Waals surface area contributed by atoms with E-state index >= 15 is 0 Å². The van der Waals surface area contributed by atoms with Crippen LogP contribution in [-0.4, -0.2) is 58.7 Å². The fourth-order valence-corrected chi connectivity index (χ4v) is 4.47. The molecule has 2 saturated heterocycles. The highest BCUT2D eigenvalue weighted by Gasteiger charge is 2.41. The average Bonchev–Trinajstić information content (AvgIpc) is 3.38. The van der Waals surface area contributed by atoms with Crippen molar-refractivity contribution in [1.29, 1.82) is 0 Å². The number of nitrogens with one attached hydrogen (secondary N) is 2. The highest BCUT2D eigenvalue weighted by atomic mass is 16.2. The first-order valence-electron chi connectivity index (χ1n) is 9.83. The molecule has 5 rings (SSSR count). The number of carbonyl (C=O) groups excluding carboxylic acids is 3. The van der Waals surface area contributed by atoms with Crippen molar-refractivity contribution in [2.24, 2.45) is 0 Å². The van der Waals surface area contributed by atoms with Crippen LogP contribution < -0.4 is 10.6 Å². The normalized spacial score (nSPS) is 25.6. The van der Waals surface area contributed by atoms with Gasteiger partial charge >= 0.3 is 0 Å². The first kappa shape index (κ1) is 16.9. The Balaban J connectivity index is 1.39. The van der Waals surface area contributed by atoms with E-state index in [2.05, 4.69) is 21.6 Å². The summed E-state index contributed by atoms with van der Waals surface area (Å²) in [6.07, 6.45) is 3.20. The van der Waals surface area contributed by atoms with Gasteiger partial charge in [-0.2, -0.15) is 0 Å². The molecule has 7 heteroatoms. The van der Waals surface area contributed by atoms with Crippen molar-refractivity contribution in [3.05, 3.63) is 34.9 Å². The van der Waals surface area contributed by atoms with Crippen molar-refractivity contribution in [3.8, 4) is 0 Å². The molecule has 3 heterocycles. The topological polar surface area (TPSA) is 81.8 Å². The second-order valence-electron chi connectivity index (χ2n) is 8.06. The molecule has 1 saturated carbocycles. The molecule has 27 heavy (non-hydrogen) atoms. The number of benzene rings is 1. The lowest BCUT2D eigenvalue weighted by Gasteiger charge is -2.39. The van der Waals surface area contributed by atoms with Crippen LogP contribution in [0.5, 0.6) is 0 Å². The van der Waals surface area contributed by atoms with E-state index in [4.69, 9.17) is 0 Å². The fraction of sp³-hybridized carbons (Fsp3) is 0.550. The largest absolute Gasteiger partial charge is 0.322 e. The molecular weight excluding hydrogens is 344 g/mol. The molecule has 0 aromatic heterocycles. The molecule has 142 valence electrons. The molecule has 0 spiro atoms. The van der Waals surface area contributed by atoms with Gasteiger partial charge in [-0.25, -0.2) is 0 Å². The van der Waals surface area contributed by atoms with Gasteiger partial charge in [0.05, 0.1) is 0 Å². The maximum absolute atomic E-state index is 12.9. The molecule has 1 atom stereocenters. The van der Waals surface area contributed by atoms with E-state index in [1.165, 1.54) is 18.4 Å². The van der Waals surface area contributed by atoms with Gasteiger partial charge in [0.2, 0.25) is 11.8 Å². The third kappa shape index (κ3) is 2.95. The number of imide groups is 1. The van der Waals surface area contributed by atoms with Gasteiger partial charge in [-0.1, -0.05) is 12.1 Å². The quantitative estimate of drug-likeness (QED) is 0.735. The molecule has 3 amide bonds. The van der Waals surface area contributed by atoms with Crippen LogP contribution in [0, 0.1) is 0 Å². The Morgan fingerprint density at radius 3 is 2.56 bits per heavy atom. The maximum atomic E-state index is 12.9. The van der Waals surface area contributed by atoms with E-state index in [-0.39, 0.29) is 24.1 Å². The number of carbonyl (C=O) groups is 3. The third-order valence-corrected chi connectivity index (χ3v) is 6.28. The number of piperidine rings is 1. The van der Waals surface area contributed by atoms with E-state index in [1.54, 1.807) is 4.90 Å². The summed E-state index contributed by atoms with van der Waals surface area (Å²) in [5.41, 5.74) is 2.94. The van der Waals surface area contributed by atoms with Crippen molar-refractivity contribution in [3.63, 3.8) is 0 Å². The molecule has 1 aliphatic carbocycles. The van der Waals surface area contributed by atoms with Gasteiger partial charge in [0.15, 0.2) is 0 Å². The minimum absolute atomic E-state index is 0.0929. The van der Waals surface area contributed by atoms with Crippen molar-refractivity contribution in [2.45, 2.75) is 56.9 Å². The molecule has 1 unspecified atom stereocenters. The summed E-state index contributed by atoms with van der Waals surface area (Å²) in [6.45, 7) is 3.38. The zero-order valence-electron chi connectivity index (χ0n) is 15.2. The van der Waals surface area contributed by atoms with Gasteiger partial charge in [0, 0.05) is 50.2 Å². The summed E-state index contributed by atoms with van der Waals surface area (Å²) in [6, 6.07) is 6.62. The third-order valence-electron chi connectivity index (χ3n) is 6.28. The monoisotopic (exact) mass is 368 g/mol. The molecule has 2 N–H and O–H groups in total. The summed E-state index contributed by atoms with van der Waals surface area (Å²) in [7, 11) is 0. The van der Waals surface area contributed by atoms with Gasteiger partial charge < -0.3 is 10.2 Å². The maximum Gasteiger partial charge on any atom is 0.255 e. The molecule has 3 aliphatic heterocycles. The van der Waals surface area contributed by atoms with Crippen LogP contribution in [0.3, 0.4) is 0 Å². The number of fused-ring (bicyclic) bond motifs is 1. The number of hydrogen-bond donors (Lipinski definition) is 2. The Kier molecular flexibility index (Phi) is 4.02. The van der Waals surface area contributed by atoms with Gasteiger partial charge in [0.25, 0.3) is 5.91 Å². The summed E-state index contributed by atoms with van der Waals surface area (Å²) < 4.78 is 0. The minimum atomic E-state index is -0.550. The summed E-state index contributed by atoms with van der Waals surface area (Å²) >= 11 is 0. The summed E-state index contributed by atoms with van der Waals surface area (Å²) in [5, 5.41) is 5.72. The van der Waals surface area contributed by atoms with Crippen LogP contribution >= 0.6 is 0 Å². The zero-order chi connectivity index (χ0) is 18.5. The number of amides is 3.